The van der Waals surface area contributed by atoms with Gasteiger partial charge in [0, 0.05) is 0 Å². The van der Waals surface area contributed by atoms with Gasteiger partial charge in [0.15, 0.2) is 0 Å². The fourth-order valence-corrected chi connectivity index (χ4v) is 0.850. The third kappa shape index (κ3) is 2.74. The number of rotatable bonds is 3. The normalized spacial score (nSPS) is 10.5. The number of aliphatic hydroxyl groups is 1. The second kappa shape index (κ2) is 4.67. The van der Waals surface area contributed by atoms with E-state index in [0.717, 1.165) is 0 Å². The Balaban J connectivity index is 2.82. The van der Waals surface area contributed by atoms with E-state index in [0.29, 0.717) is 11.8 Å². The van der Waals surface area contributed by atoms with Gasteiger partial charge >= 0.3 is 5.97 Å². The summed E-state index contributed by atoms with van der Waals surface area (Å²) in [5.41, 5.74) is 0.437. The van der Waals surface area contributed by atoms with Crippen molar-refractivity contribution in [2.24, 2.45) is 0 Å². The third-order valence-corrected chi connectivity index (χ3v) is 1.54. The molecule has 0 atom stereocenters. The number of aliphatic hydroxyl groups excluding tert-OH is 1. The van der Waals surface area contributed by atoms with Crippen LogP contribution in [0.25, 0.3) is 0 Å². The third-order valence-electron chi connectivity index (χ3n) is 1.54. The average molecular weight is 205 g/mol. The minimum absolute atomic E-state index is 0.233. The summed E-state index contributed by atoms with van der Waals surface area (Å²) in [6, 6.07) is 7.74. The predicted octanol–water partition coefficient (Wildman–Crippen LogP) is 1.42. The summed E-state index contributed by atoms with van der Waals surface area (Å²) in [6.07, 6.45) is 0.362. The van der Waals surface area contributed by atoms with Crippen molar-refractivity contribution >= 4 is 5.97 Å². The Morgan fingerprint density at radius 3 is 2.40 bits per heavy atom. The molecule has 0 radical (unpaired) electrons. The second-order valence-corrected chi connectivity index (χ2v) is 2.54. The fourth-order valence-electron chi connectivity index (χ4n) is 0.850. The maximum Gasteiger partial charge on any atom is 0.375 e. The number of carboxylic acids is 1. The molecule has 15 heavy (non-hydrogen) atoms. The van der Waals surface area contributed by atoms with Crippen LogP contribution in [0.3, 0.4) is 0 Å². The first-order valence-corrected chi connectivity index (χ1v) is 3.93. The number of nitrogens with zero attached hydrogens (tertiary/aromatic N) is 1. The molecule has 76 valence electrons. The zero-order valence-corrected chi connectivity index (χ0v) is 7.54. The molecule has 0 amide bonds. The van der Waals surface area contributed by atoms with Gasteiger partial charge in [-0.3, -0.25) is 0 Å². The van der Waals surface area contributed by atoms with Gasteiger partial charge in [-0.2, -0.15) is 5.26 Å². The van der Waals surface area contributed by atoms with Gasteiger partial charge in [-0.15, -0.1) is 0 Å². The summed E-state index contributed by atoms with van der Waals surface area (Å²) in [7, 11) is 0. The molecule has 0 aliphatic heterocycles. The summed E-state index contributed by atoms with van der Waals surface area (Å²) in [6.45, 7) is 0. The van der Waals surface area contributed by atoms with Crippen LogP contribution in [-0.2, 0) is 4.79 Å². The number of benzene rings is 1. The molecule has 5 nitrogen and oxygen atoms in total. The van der Waals surface area contributed by atoms with Crippen LogP contribution in [0.15, 0.2) is 36.3 Å². The van der Waals surface area contributed by atoms with Gasteiger partial charge < -0.3 is 14.9 Å². The SMILES string of the molecule is N#Cc1ccc(O/C(=C\O)C(=O)O)cc1. The second-order valence-electron chi connectivity index (χ2n) is 2.54. The lowest BCUT2D eigenvalue weighted by Gasteiger charge is -2.04. The van der Waals surface area contributed by atoms with Crippen LogP contribution < -0.4 is 4.74 Å². The van der Waals surface area contributed by atoms with Crippen molar-refractivity contribution in [3.63, 3.8) is 0 Å². The van der Waals surface area contributed by atoms with E-state index < -0.39 is 11.7 Å². The van der Waals surface area contributed by atoms with E-state index in [4.69, 9.17) is 20.2 Å². The molecule has 0 aliphatic carbocycles. The van der Waals surface area contributed by atoms with Crippen molar-refractivity contribution < 1.29 is 19.7 Å². The van der Waals surface area contributed by atoms with Crippen molar-refractivity contribution in [2.75, 3.05) is 0 Å². The summed E-state index contributed by atoms with van der Waals surface area (Å²) < 4.78 is 4.83. The van der Waals surface area contributed by atoms with Gasteiger partial charge in [-0.05, 0) is 24.3 Å². The van der Waals surface area contributed by atoms with Crippen molar-refractivity contribution in [2.45, 2.75) is 0 Å². The molecule has 0 heterocycles. The number of hydrogen-bond donors (Lipinski definition) is 2. The topological polar surface area (TPSA) is 90.5 Å². The molecule has 0 fully saturated rings. The maximum absolute atomic E-state index is 10.5. The molecular weight excluding hydrogens is 198 g/mol. The first kappa shape index (κ1) is 10.6. The fraction of sp³-hybridized carbons (Fsp3) is 0. The standard InChI is InChI=1S/C10H7NO4/c11-5-7-1-3-8(4-2-7)15-9(6-12)10(13)14/h1-4,6,12H,(H,13,14)/b9-6-. The van der Waals surface area contributed by atoms with E-state index in [1.807, 2.05) is 6.07 Å². The average Bonchev–Trinajstić information content (AvgIpc) is 2.26. The van der Waals surface area contributed by atoms with Crippen LogP contribution >= 0.6 is 0 Å². The lowest BCUT2D eigenvalue weighted by Crippen LogP contribution is -2.07. The first-order chi connectivity index (χ1) is 7.17. The van der Waals surface area contributed by atoms with E-state index in [1.54, 1.807) is 0 Å². The highest BCUT2D eigenvalue weighted by molar-refractivity contribution is 5.84. The van der Waals surface area contributed by atoms with E-state index in [9.17, 15) is 4.79 Å². The molecule has 5 heteroatoms. The molecular formula is C10H7NO4. The quantitative estimate of drug-likeness (QED) is 0.575. The predicted molar refractivity (Wildman–Crippen MR) is 50.1 cm³/mol. The van der Waals surface area contributed by atoms with Crippen molar-refractivity contribution in [1.29, 1.82) is 5.26 Å². The van der Waals surface area contributed by atoms with Gasteiger partial charge in [0.25, 0.3) is 0 Å². The molecule has 1 rings (SSSR count). The van der Waals surface area contributed by atoms with Crippen LogP contribution in [0, 0.1) is 11.3 Å². The van der Waals surface area contributed by atoms with Gasteiger partial charge in [0.1, 0.15) is 12.0 Å². The number of nitriles is 1. The van der Waals surface area contributed by atoms with Crippen LogP contribution in [-0.4, -0.2) is 16.2 Å². The Labute approximate surface area is 85.5 Å². The van der Waals surface area contributed by atoms with Gasteiger partial charge in [0.05, 0.1) is 11.6 Å². The number of ether oxygens (including phenoxy) is 1. The highest BCUT2D eigenvalue weighted by atomic mass is 16.5. The highest BCUT2D eigenvalue weighted by Gasteiger charge is 2.09. The number of carboxylic acid groups (broad SMARTS) is 1. The summed E-state index contributed by atoms with van der Waals surface area (Å²) in [5.74, 6) is -1.72. The van der Waals surface area contributed by atoms with E-state index >= 15 is 0 Å². The molecule has 1 aromatic carbocycles. The summed E-state index contributed by atoms with van der Waals surface area (Å²) in [5, 5.41) is 25.6. The van der Waals surface area contributed by atoms with Gasteiger partial charge in [0.2, 0.25) is 5.76 Å². The first-order valence-electron chi connectivity index (χ1n) is 3.93. The molecule has 0 unspecified atom stereocenters. The van der Waals surface area contributed by atoms with Crippen LogP contribution in [0.5, 0.6) is 5.75 Å². The molecule has 1 aromatic rings. The van der Waals surface area contributed by atoms with Crippen LogP contribution in [0.4, 0.5) is 0 Å². The number of aliphatic carboxylic acids is 1. The van der Waals surface area contributed by atoms with Crippen molar-refractivity contribution in [3.05, 3.63) is 41.9 Å². The largest absolute Gasteiger partial charge is 0.511 e. The van der Waals surface area contributed by atoms with Crippen molar-refractivity contribution in [1.82, 2.24) is 0 Å². The molecule has 2 N–H and O–H groups in total. The van der Waals surface area contributed by atoms with Crippen LogP contribution in [0.2, 0.25) is 0 Å². The smallest absolute Gasteiger partial charge is 0.375 e. The zero-order chi connectivity index (χ0) is 11.3. The zero-order valence-electron chi connectivity index (χ0n) is 7.54. The lowest BCUT2D eigenvalue weighted by atomic mass is 10.2. The Morgan fingerprint density at radius 2 is 2.00 bits per heavy atom. The van der Waals surface area contributed by atoms with Gasteiger partial charge in [-0.1, -0.05) is 0 Å². The molecule has 0 bridgehead atoms. The molecule has 0 saturated heterocycles. The summed E-state index contributed by atoms with van der Waals surface area (Å²) in [4.78, 5) is 10.5. The number of hydrogen-bond acceptors (Lipinski definition) is 4. The number of carbonyl (C=O) groups is 1. The van der Waals surface area contributed by atoms with E-state index in [2.05, 4.69) is 0 Å². The Kier molecular flexibility index (Phi) is 3.30. The Hall–Kier alpha value is -2.48. The minimum atomic E-state index is -1.37. The van der Waals surface area contributed by atoms with E-state index in [-0.39, 0.29) is 5.75 Å². The molecule has 0 aromatic heterocycles. The Bertz CT molecular complexity index is 428. The Morgan fingerprint density at radius 1 is 1.40 bits per heavy atom. The monoisotopic (exact) mass is 205 g/mol. The lowest BCUT2D eigenvalue weighted by molar-refractivity contribution is -0.135. The van der Waals surface area contributed by atoms with Gasteiger partial charge in [-0.25, -0.2) is 4.79 Å². The summed E-state index contributed by atoms with van der Waals surface area (Å²) >= 11 is 0. The minimum Gasteiger partial charge on any atom is -0.511 e. The molecule has 0 saturated carbocycles. The molecule has 0 aliphatic rings. The maximum atomic E-state index is 10.5. The van der Waals surface area contributed by atoms with Crippen molar-refractivity contribution in [3.8, 4) is 11.8 Å². The molecule has 0 spiro atoms. The highest BCUT2D eigenvalue weighted by Crippen LogP contribution is 2.14. The van der Waals surface area contributed by atoms with E-state index in [1.165, 1.54) is 24.3 Å². The van der Waals surface area contributed by atoms with Crippen LogP contribution in [0.1, 0.15) is 5.56 Å².